The van der Waals surface area contributed by atoms with E-state index in [-0.39, 0.29) is 24.3 Å². The second kappa shape index (κ2) is 7.35. The topological polar surface area (TPSA) is 87.2 Å². The van der Waals surface area contributed by atoms with E-state index in [2.05, 4.69) is 0 Å². The van der Waals surface area contributed by atoms with Crippen LogP contribution in [0.3, 0.4) is 0 Å². The van der Waals surface area contributed by atoms with Gasteiger partial charge < -0.3 is 19.6 Å². The molecule has 0 aliphatic carbocycles. The molecule has 26 heavy (non-hydrogen) atoms. The molecule has 2 fully saturated rings. The highest BCUT2D eigenvalue weighted by Gasteiger charge is 2.43. The predicted octanol–water partition coefficient (Wildman–Crippen LogP) is 1.76. The molecule has 2 amide bonds. The summed E-state index contributed by atoms with van der Waals surface area (Å²) in [5, 5.41) is 9.25. The number of carbonyl (C=O) groups is 3. The van der Waals surface area contributed by atoms with E-state index in [1.54, 1.807) is 22.8 Å². The highest BCUT2D eigenvalue weighted by atomic mass is 16.5. The van der Waals surface area contributed by atoms with Gasteiger partial charge in [-0.15, -0.1) is 0 Å². The quantitative estimate of drug-likeness (QED) is 0.865. The van der Waals surface area contributed by atoms with Gasteiger partial charge in [0.05, 0.1) is 24.1 Å². The molecule has 7 heteroatoms. The Balaban J connectivity index is 1.74. The van der Waals surface area contributed by atoms with Crippen molar-refractivity contribution >= 4 is 23.5 Å². The first-order valence-electron chi connectivity index (χ1n) is 8.99. The second-order valence-corrected chi connectivity index (χ2v) is 6.81. The van der Waals surface area contributed by atoms with Crippen LogP contribution in [0.25, 0.3) is 0 Å². The Kier molecular flexibility index (Phi) is 5.15. The number of amides is 2. The summed E-state index contributed by atoms with van der Waals surface area (Å²) in [7, 11) is 0. The maximum atomic E-state index is 12.9. The number of carboxylic acids is 1. The molecule has 0 radical (unpaired) electrons. The van der Waals surface area contributed by atoms with Crippen molar-refractivity contribution in [3.8, 4) is 5.75 Å². The molecule has 1 N–H and O–H groups in total. The lowest BCUT2D eigenvalue weighted by Crippen LogP contribution is -2.41. The molecule has 2 aliphatic rings. The molecule has 0 saturated carbocycles. The molecule has 1 aromatic rings. The summed E-state index contributed by atoms with van der Waals surface area (Å²) in [6.07, 6.45) is 0.597. The smallest absolute Gasteiger partial charge is 0.308 e. The van der Waals surface area contributed by atoms with Crippen molar-refractivity contribution in [1.29, 1.82) is 0 Å². The first kappa shape index (κ1) is 18.2. The molecular weight excluding hydrogens is 336 g/mol. The molecule has 2 heterocycles. The van der Waals surface area contributed by atoms with Crippen LogP contribution >= 0.6 is 0 Å². The number of para-hydroxylation sites is 2. The van der Waals surface area contributed by atoms with Crippen LogP contribution in [0.5, 0.6) is 5.75 Å². The van der Waals surface area contributed by atoms with Crippen molar-refractivity contribution in [1.82, 2.24) is 4.90 Å². The summed E-state index contributed by atoms with van der Waals surface area (Å²) < 4.78 is 5.60. The van der Waals surface area contributed by atoms with E-state index in [1.165, 1.54) is 0 Å². The van der Waals surface area contributed by atoms with Gasteiger partial charge in [0.25, 0.3) is 0 Å². The molecule has 0 aromatic heterocycles. The minimum Gasteiger partial charge on any atom is -0.492 e. The number of rotatable bonds is 5. The Morgan fingerprint density at radius 1 is 1.31 bits per heavy atom. The van der Waals surface area contributed by atoms with Crippen LogP contribution in [-0.2, 0) is 14.4 Å². The highest BCUT2D eigenvalue weighted by Crippen LogP contribution is 2.35. The monoisotopic (exact) mass is 360 g/mol. The van der Waals surface area contributed by atoms with Gasteiger partial charge in [-0.25, -0.2) is 0 Å². The van der Waals surface area contributed by atoms with Crippen LogP contribution in [0.1, 0.15) is 26.7 Å². The molecule has 3 rings (SSSR count). The van der Waals surface area contributed by atoms with Gasteiger partial charge in [0, 0.05) is 25.6 Å². The minimum absolute atomic E-state index is 0.114. The van der Waals surface area contributed by atoms with Gasteiger partial charge in [0.15, 0.2) is 0 Å². The molecule has 1 aromatic carbocycles. The minimum atomic E-state index is -0.873. The zero-order valence-corrected chi connectivity index (χ0v) is 15.1. The Labute approximate surface area is 152 Å². The van der Waals surface area contributed by atoms with Crippen LogP contribution < -0.4 is 9.64 Å². The van der Waals surface area contributed by atoms with Crippen LogP contribution in [0, 0.1) is 11.8 Å². The van der Waals surface area contributed by atoms with Crippen molar-refractivity contribution in [2.75, 3.05) is 24.6 Å². The number of carboxylic acid groups (broad SMARTS) is 1. The first-order valence-corrected chi connectivity index (χ1v) is 8.99. The third kappa shape index (κ3) is 3.25. The van der Waals surface area contributed by atoms with Crippen molar-refractivity contribution in [2.24, 2.45) is 11.8 Å². The first-order chi connectivity index (χ1) is 12.4. The van der Waals surface area contributed by atoms with Gasteiger partial charge >= 0.3 is 5.97 Å². The SMILES string of the molecule is CCOc1ccccc1N1CC(C(=O)N2CCC(C(=O)O)C2C)CC1=O. The van der Waals surface area contributed by atoms with E-state index < -0.39 is 17.8 Å². The fourth-order valence-corrected chi connectivity index (χ4v) is 3.88. The second-order valence-electron chi connectivity index (χ2n) is 6.81. The zero-order chi connectivity index (χ0) is 18.8. The largest absolute Gasteiger partial charge is 0.492 e. The molecular formula is C19H24N2O5. The Hall–Kier alpha value is -2.57. The molecule has 2 aliphatic heterocycles. The molecule has 0 spiro atoms. The fraction of sp³-hybridized carbons (Fsp3) is 0.526. The Morgan fingerprint density at radius 3 is 2.69 bits per heavy atom. The van der Waals surface area contributed by atoms with Gasteiger partial charge in [-0.05, 0) is 32.4 Å². The number of aliphatic carboxylic acids is 1. The van der Waals surface area contributed by atoms with Crippen LogP contribution in [0.4, 0.5) is 5.69 Å². The van der Waals surface area contributed by atoms with E-state index in [9.17, 15) is 19.5 Å². The number of benzene rings is 1. The predicted molar refractivity (Wildman–Crippen MR) is 95.0 cm³/mol. The molecule has 0 bridgehead atoms. The van der Waals surface area contributed by atoms with Crippen molar-refractivity contribution in [2.45, 2.75) is 32.7 Å². The van der Waals surface area contributed by atoms with Crippen LogP contribution in [0.15, 0.2) is 24.3 Å². The van der Waals surface area contributed by atoms with E-state index in [0.717, 1.165) is 0 Å². The molecule has 3 atom stereocenters. The standard InChI is InChI=1S/C19H24N2O5/c1-3-26-16-7-5-4-6-15(16)21-11-13(10-17(21)22)18(23)20-9-8-14(12(20)2)19(24)25/h4-7,12-14H,3,8-11H2,1-2H3,(H,24,25). The summed E-state index contributed by atoms with van der Waals surface area (Å²) in [6, 6.07) is 6.95. The number of carbonyl (C=O) groups excluding carboxylic acids is 2. The van der Waals surface area contributed by atoms with Crippen LogP contribution in [0.2, 0.25) is 0 Å². The lowest BCUT2D eigenvalue weighted by atomic mass is 10.0. The van der Waals surface area contributed by atoms with Gasteiger partial charge in [-0.1, -0.05) is 12.1 Å². The molecule has 3 unspecified atom stereocenters. The third-order valence-electron chi connectivity index (χ3n) is 5.29. The van der Waals surface area contributed by atoms with E-state index in [1.807, 2.05) is 25.1 Å². The maximum absolute atomic E-state index is 12.9. The van der Waals surface area contributed by atoms with Gasteiger partial charge in [0.2, 0.25) is 11.8 Å². The summed E-state index contributed by atoms with van der Waals surface area (Å²) >= 11 is 0. The molecule has 2 saturated heterocycles. The van der Waals surface area contributed by atoms with Crippen molar-refractivity contribution in [3.63, 3.8) is 0 Å². The molecule has 140 valence electrons. The maximum Gasteiger partial charge on any atom is 0.308 e. The number of likely N-dealkylation sites (tertiary alicyclic amines) is 1. The van der Waals surface area contributed by atoms with E-state index >= 15 is 0 Å². The normalized spacial score (nSPS) is 25.6. The number of anilines is 1. The Morgan fingerprint density at radius 2 is 2.04 bits per heavy atom. The van der Waals surface area contributed by atoms with Crippen molar-refractivity contribution < 1.29 is 24.2 Å². The van der Waals surface area contributed by atoms with Gasteiger partial charge in [-0.2, -0.15) is 0 Å². The summed E-state index contributed by atoms with van der Waals surface area (Å²) in [5.41, 5.74) is 0.674. The summed E-state index contributed by atoms with van der Waals surface area (Å²) in [6.45, 7) is 4.86. The average Bonchev–Trinajstić information content (AvgIpc) is 3.18. The zero-order valence-electron chi connectivity index (χ0n) is 15.1. The number of nitrogens with zero attached hydrogens (tertiary/aromatic N) is 2. The highest BCUT2D eigenvalue weighted by molar-refractivity contribution is 6.01. The fourth-order valence-electron chi connectivity index (χ4n) is 3.88. The molecule has 7 nitrogen and oxygen atoms in total. The number of hydrogen-bond acceptors (Lipinski definition) is 4. The van der Waals surface area contributed by atoms with Gasteiger partial charge in [0.1, 0.15) is 5.75 Å². The summed E-state index contributed by atoms with van der Waals surface area (Å²) in [5.74, 6) is -1.49. The van der Waals surface area contributed by atoms with E-state index in [0.29, 0.717) is 37.6 Å². The lowest BCUT2D eigenvalue weighted by molar-refractivity contribution is -0.143. The Bertz CT molecular complexity index is 720. The van der Waals surface area contributed by atoms with Crippen molar-refractivity contribution in [3.05, 3.63) is 24.3 Å². The number of hydrogen-bond donors (Lipinski definition) is 1. The lowest BCUT2D eigenvalue weighted by Gasteiger charge is -2.26. The third-order valence-corrected chi connectivity index (χ3v) is 5.29. The summed E-state index contributed by atoms with van der Waals surface area (Å²) in [4.78, 5) is 39.9. The van der Waals surface area contributed by atoms with Crippen LogP contribution in [-0.4, -0.2) is 53.5 Å². The number of ether oxygens (including phenoxy) is 1. The van der Waals surface area contributed by atoms with E-state index in [4.69, 9.17) is 4.74 Å². The van der Waals surface area contributed by atoms with Gasteiger partial charge in [-0.3, -0.25) is 14.4 Å². The average molecular weight is 360 g/mol.